The average molecular weight is 375 g/mol. The molecule has 2 heterocycles. The van der Waals surface area contributed by atoms with E-state index in [4.69, 9.17) is 4.42 Å². The summed E-state index contributed by atoms with van der Waals surface area (Å²) in [5, 5.41) is 11.4. The minimum atomic E-state index is -0.512. The normalized spacial score (nSPS) is 11.0. The zero-order valence-electron chi connectivity index (χ0n) is 13.9. The molecular weight excluding hydrogens is 358 g/mol. The summed E-state index contributed by atoms with van der Waals surface area (Å²) in [6.45, 7) is 4.10. The van der Waals surface area contributed by atoms with E-state index in [1.54, 1.807) is 23.9 Å². The van der Waals surface area contributed by atoms with E-state index in [-0.39, 0.29) is 11.2 Å². The van der Waals surface area contributed by atoms with Crippen LogP contribution in [0, 0.1) is 0 Å². The quantitative estimate of drug-likeness (QED) is 0.518. The van der Waals surface area contributed by atoms with Gasteiger partial charge in [-0.2, -0.15) is 0 Å². The van der Waals surface area contributed by atoms with Crippen molar-refractivity contribution in [1.29, 1.82) is 0 Å². The van der Waals surface area contributed by atoms with Crippen LogP contribution in [0.2, 0.25) is 0 Å². The van der Waals surface area contributed by atoms with E-state index in [0.29, 0.717) is 16.1 Å². The minimum Gasteiger partial charge on any atom is -0.451 e. The van der Waals surface area contributed by atoms with Crippen molar-refractivity contribution in [2.24, 2.45) is 0 Å². The van der Waals surface area contributed by atoms with Gasteiger partial charge < -0.3 is 4.42 Å². The second-order valence-corrected chi connectivity index (χ2v) is 7.65. The summed E-state index contributed by atoms with van der Waals surface area (Å²) in [6.07, 6.45) is 1.86. The Morgan fingerprint density at radius 2 is 2.12 bits per heavy atom. The number of aryl methyl sites for hydroxylation is 1. The van der Waals surface area contributed by atoms with Crippen LogP contribution in [0.3, 0.4) is 0 Å². The number of fused-ring (bicyclic) bond motifs is 1. The monoisotopic (exact) mass is 375 g/mol. The van der Waals surface area contributed by atoms with Crippen LogP contribution in [-0.2, 0) is 6.42 Å². The molecule has 2 aromatic heterocycles. The highest BCUT2D eigenvalue weighted by atomic mass is 32.2. The fourth-order valence-corrected chi connectivity index (χ4v) is 3.87. The largest absolute Gasteiger partial charge is 0.451 e. The molecule has 0 spiro atoms. The Morgan fingerprint density at radius 1 is 1.28 bits per heavy atom. The van der Waals surface area contributed by atoms with Gasteiger partial charge in [0.1, 0.15) is 5.58 Å². The second kappa shape index (κ2) is 7.79. The van der Waals surface area contributed by atoms with Crippen molar-refractivity contribution in [2.75, 3.05) is 11.1 Å². The van der Waals surface area contributed by atoms with Gasteiger partial charge in [-0.05, 0) is 30.5 Å². The molecule has 25 heavy (non-hydrogen) atoms. The van der Waals surface area contributed by atoms with E-state index in [2.05, 4.69) is 22.4 Å². The van der Waals surface area contributed by atoms with Crippen LogP contribution in [0.5, 0.6) is 0 Å². The molecule has 0 saturated carbocycles. The molecule has 0 aliphatic heterocycles. The lowest BCUT2D eigenvalue weighted by Crippen LogP contribution is -2.15. The highest BCUT2D eigenvalue weighted by Crippen LogP contribution is 2.26. The molecule has 0 atom stereocenters. The van der Waals surface area contributed by atoms with E-state index in [1.807, 2.05) is 13.0 Å². The third-order valence-electron chi connectivity index (χ3n) is 3.48. The zero-order valence-corrected chi connectivity index (χ0v) is 15.5. The average Bonchev–Trinajstić information content (AvgIpc) is 3.06. The maximum atomic E-state index is 12.3. The molecular formula is C17H17N3O3S2. The van der Waals surface area contributed by atoms with E-state index in [0.717, 1.165) is 28.5 Å². The Balaban J connectivity index is 1.82. The Bertz CT molecular complexity index is 965. The Hall–Kier alpha value is -2.19. The van der Waals surface area contributed by atoms with Crippen LogP contribution in [0.1, 0.15) is 36.4 Å². The molecule has 8 heteroatoms. The summed E-state index contributed by atoms with van der Waals surface area (Å²) in [5.74, 6) is 0.392. The first kappa shape index (κ1) is 17.6. The number of thioether (sulfide) groups is 1. The van der Waals surface area contributed by atoms with Crippen molar-refractivity contribution in [2.45, 2.75) is 31.0 Å². The Kier molecular flexibility index (Phi) is 5.50. The molecule has 0 bridgehead atoms. The van der Waals surface area contributed by atoms with Crippen molar-refractivity contribution in [3.8, 4) is 0 Å². The van der Waals surface area contributed by atoms with Gasteiger partial charge >= 0.3 is 0 Å². The van der Waals surface area contributed by atoms with E-state index >= 15 is 0 Å². The first-order valence-electron chi connectivity index (χ1n) is 7.95. The van der Waals surface area contributed by atoms with Gasteiger partial charge in [0.2, 0.25) is 5.13 Å². The number of nitrogens with zero attached hydrogens (tertiary/aromatic N) is 2. The molecule has 0 unspecified atom stereocenters. The molecule has 6 nitrogen and oxygen atoms in total. The lowest BCUT2D eigenvalue weighted by atomic mass is 10.1. The summed E-state index contributed by atoms with van der Waals surface area (Å²) in [5.41, 5.74) is 1.20. The van der Waals surface area contributed by atoms with Crippen molar-refractivity contribution >= 4 is 45.1 Å². The smallest absolute Gasteiger partial charge is 0.293 e. The molecule has 0 aliphatic carbocycles. The van der Waals surface area contributed by atoms with Crippen molar-refractivity contribution < 1.29 is 9.21 Å². The molecule has 3 aromatic rings. The van der Waals surface area contributed by atoms with E-state index in [9.17, 15) is 9.59 Å². The number of carbonyl (C=O) groups excluding carboxylic acids is 1. The molecule has 130 valence electrons. The minimum absolute atomic E-state index is 0.0419. The number of hydrogen-bond donors (Lipinski definition) is 1. The molecule has 0 radical (unpaired) electrons. The number of anilines is 1. The Morgan fingerprint density at radius 3 is 2.88 bits per heavy atom. The van der Waals surface area contributed by atoms with E-state index in [1.165, 1.54) is 17.4 Å². The maximum Gasteiger partial charge on any atom is 0.293 e. The first-order chi connectivity index (χ1) is 12.1. The SMILES string of the molecule is CCCSc1nnc(NC(=O)c2cc(=O)c3cc(CC)ccc3o2)s1. The van der Waals surface area contributed by atoms with Crippen LogP contribution in [0.25, 0.3) is 11.0 Å². The predicted octanol–water partition coefficient (Wildman–Crippen LogP) is 3.96. The fraction of sp³-hybridized carbons (Fsp3) is 0.294. The fourth-order valence-electron chi connectivity index (χ4n) is 2.20. The van der Waals surface area contributed by atoms with Gasteiger partial charge in [0, 0.05) is 11.8 Å². The number of benzene rings is 1. The summed E-state index contributed by atoms with van der Waals surface area (Å²) < 4.78 is 6.38. The van der Waals surface area contributed by atoms with Gasteiger partial charge in [-0.1, -0.05) is 43.0 Å². The van der Waals surface area contributed by atoms with Gasteiger partial charge in [0.05, 0.1) is 5.39 Å². The van der Waals surface area contributed by atoms with Gasteiger partial charge in [-0.25, -0.2) is 0 Å². The number of aromatic nitrogens is 2. The highest BCUT2D eigenvalue weighted by Gasteiger charge is 2.15. The van der Waals surface area contributed by atoms with Crippen LogP contribution >= 0.6 is 23.1 Å². The molecule has 0 fully saturated rings. The number of rotatable bonds is 6. The third-order valence-corrected chi connectivity index (χ3v) is 5.66. The van der Waals surface area contributed by atoms with Gasteiger partial charge in [-0.3, -0.25) is 14.9 Å². The van der Waals surface area contributed by atoms with Crippen molar-refractivity contribution in [3.63, 3.8) is 0 Å². The predicted molar refractivity (Wildman–Crippen MR) is 101 cm³/mol. The molecule has 1 N–H and O–H groups in total. The van der Waals surface area contributed by atoms with Crippen molar-refractivity contribution in [1.82, 2.24) is 10.2 Å². The van der Waals surface area contributed by atoms with E-state index < -0.39 is 5.91 Å². The van der Waals surface area contributed by atoms with Crippen LogP contribution in [-0.4, -0.2) is 21.9 Å². The highest BCUT2D eigenvalue weighted by molar-refractivity contribution is 8.01. The van der Waals surface area contributed by atoms with Crippen LogP contribution < -0.4 is 10.7 Å². The molecule has 1 aromatic carbocycles. The number of amides is 1. The van der Waals surface area contributed by atoms with Crippen LogP contribution in [0.15, 0.2) is 37.8 Å². The summed E-state index contributed by atoms with van der Waals surface area (Å²) in [6, 6.07) is 6.61. The first-order valence-corrected chi connectivity index (χ1v) is 9.75. The summed E-state index contributed by atoms with van der Waals surface area (Å²) in [7, 11) is 0. The van der Waals surface area contributed by atoms with Gasteiger partial charge in [0.25, 0.3) is 5.91 Å². The second-order valence-electron chi connectivity index (χ2n) is 5.33. The maximum absolute atomic E-state index is 12.3. The summed E-state index contributed by atoms with van der Waals surface area (Å²) >= 11 is 2.89. The topological polar surface area (TPSA) is 85.1 Å². The number of hydrogen-bond acceptors (Lipinski definition) is 7. The molecule has 0 aliphatic rings. The standard InChI is InChI=1S/C17H17N3O3S2/c1-3-7-24-17-20-19-16(25-17)18-15(22)14-9-12(21)11-8-10(4-2)5-6-13(11)23-14/h5-6,8-9H,3-4,7H2,1-2H3,(H,18,19,22). The molecule has 3 rings (SSSR count). The number of nitrogens with one attached hydrogen (secondary N) is 1. The zero-order chi connectivity index (χ0) is 17.8. The number of carbonyl (C=O) groups is 1. The lowest BCUT2D eigenvalue weighted by molar-refractivity contribution is 0.0997. The van der Waals surface area contributed by atoms with Gasteiger partial charge in [0.15, 0.2) is 15.5 Å². The molecule has 1 amide bonds. The Labute approximate surface area is 152 Å². The molecule has 0 saturated heterocycles. The summed E-state index contributed by atoms with van der Waals surface area (Å²) in [4.78, 5) is 24.6. The van der Waals surface area contributed by atoms with Crippen LogP contribution in [0.4, 0.5) is 5.13 Å². The lowest BCUT2D eigenvalue weighted by Gasteiger charge is -2.04. The third kappa shape index (κ3) is 4.08. The van der Waals surface area contributed by atoms with Gasteiger partial charge in [-0.15, -0.1) is 10.2 Å². The van der Waals surface area contributed by atoms with Crippen molar-refractivity contribution in [3.05, 3.63) is 45.8 Å².